The number of aromatic nitrogens is 7. The zero-order chi connectivity index (χ0) is 23.3. The average molecular weight is 479 g/mol. The van der Waals surface area contributed by atoms with E-state index in [9.17, 15) is 4.79 Å². The number of aromatic amines is 1. The van der Waals surface area contributed by atoms with Crippen molar-refractivity contribution in [1.29, 1.82) is 0 Å². The maximum absolute atomic E-state index is 13.3. The Labute approximate surface area is 200 Å². The number of nitrogens with one attached hydrogen (secondary N) is 3. The van der Waals surface area contributed by atoms with E-state index < -0.39 is 5.54 Å². The number of nitrogens with zero attached hydrogens (tertiary/aromatic N) is 7. The minimum absolute atomic E-state index is 0.206. The summed E-state index contributed by atoms with van der Waals surface area (Å²) in [5, 5.41) is 14.0. The monoisotopic (exact) mass is 478 g/mol. The topological polar surface area (TPSA) is 129 Å². The van der Waals surface area contributed by atoms with Crippen LogP contribution in [0.1, 0.15) is 44.2 Å². The number of H-pyrrole nitrogens is 1. The lowest BCUT2D eigenvalue weighted by Gasteiger charge is -2.33. The van der Waals surface area contributed by atoms with Crippen LogP contribution in [0.25, 0.3) is 5.65 Å². The fraction of sp³-hybridized carbons (Fsp3) is 0.364. The van der Waals surface area contributed by atoms with Gasteiger partial charge in [-0.2, -0.15) is 15.1 Å². The Bertz CT molecular complexity index is 1360. The third kappa shape index (κ3) is 3.71. The predicted molar refractivity (Wildman–Crippen MR) is 127 cm³/mol. The third-order valence-corrected chi connectivity index (χ3v) is 6.64. The molecule has 0 aromatic carbocycles. The van der Waals surface area contributed by atoms with Crippen molar-refractivity contribution in [2.24, 2.45) is 0 Å². The Kier molecular flexibility index (Phi) is 4.87. The molecule has 6 rings (SSSR count). The maximum atomic E-state index is 13.3. The zero-order valence-electron chi connectivity index (χ0n) is 18.5. The van der Waals surface area contributed by atoms with Crippen LogP contribution in [0.5, 0.6) is 0 Å². The van der Waals surface area contributed by atoms with Gasteiger partial charge in [0.2, 0.25) is 17.8 Å². The van der Waals surface area contributed by atoms with Crippen molar-refractivity contribution in [1.82, 2.24) is 34.5 Å². The smallest absolute Gasteiger partial charge is 0.252 e. The highest BCUT2D eigenvalue weighted by Crippen LogP contribution is 2.40. The molecule has 1 aliphatic heterocycles. The van der Waals surface area contributed by atoms with E-state index in [1.165, 1.54) is 25.2 Å². The second-order valence-electron chi connectivity index (χ2n) is 8.90. The number of fused-ring (bicyclic) bond motifs is 1. The van der Waals surface area contributed by atoms with Crippen molar-refractivity contribution in [3.63, 3.8) is 0 Å². The van der Waals surface area contributed by atoms with Crippen LogP contribution < -0.4 is 15.5 Å². The number of carbonyl (C=O) groups is 1. The molecule has 0 spiro atoms. The highest BCUT2D eigenvalue weighted by Gasteiger charge is 2.45. The van der Waals surface area contributed by atoms with Crippen LogP contribution in [-0.2, 0) is 4.79 Å². The molecule has 0 bridgehead atoms. The number of halogens is 1. The number of carbonyl (C=O) groups excluding carboxylic acids is 1. The van der Waals surface area contributed by atoms with Gasteiger partial charge in [0.05, 0.1) is 17.4 Å². The van der Waals surface area contributed by atoms with E-state index in [2.05, 4.69) is 30.8 Å². The van der Waals surface area contributed by atoms with Crippen LogP contribution in [0.15, 0.2) is 36.8 Å². The van der Waals surface area contributed by atoms with Gasteiger partial charge in [-0.15, -0.1) is 0 Å². The summed E-state index contributed by atoms with van der Waals surface area (Å²) in [5.41, 5.74) is 0.992. The Morgan fingerprint density at radius 2 is 2.09 bits per heavy atom. The molecule has 34 heavy (non-hydrogen) atoms. The number of anilines is 4. The fourth-order valence-corrected chi connectivity index (χ4v) is 4.48. The van der Waals surface area contributed by atoms with Gasteiger partial charge in [0.1, 0.15) is 11.2 Å². The summed E-state index contributed by atoms with van der Waals surface area (Å²) in [6.45, 7) is 2.54. The van der Waals surface area contributed by atoms with Gasteiger partial charge in [-0.25, -0.2) is 9.97 Å². The molecular weight excluding hydrogens is 456 g/mol. The van der Waals surface area contributed by atoms with Gasteiger partial charge in [0.25, 0.3) is 5.91 Å². The maximum Gasteiger partial charge on any atom is 0.252 e. The molecule has 2 fully saturated rings. The van der Waals surface area contributed by atoms with E-state index >= 15 is 0 Å². The molecule has 4 aromatic heterocycles. The van der Waals surface area contributed by atoms with Crippen LogP contribution in [0.3, 0.4) is 0 Å². The molecule has 4 aromatic rings. The number of rotatable bonds is 6. The lowest BCUT2D eigenvalue weighted by atomic mass is 9.98. The summed E-state index contributed by atoms with van der Waals surface area (Å²) in [4.78, 5) is 33.0. The van der Waals surface area contributed by atoms with Crippen LogP contribution >= 0.6 is 11.6 Å². The molecule has 1 atom stereocenters. The van der Waals surface area contributed by atoms with Gasteiger partial charge in [-0.05, 0) is 44.7 Å². The lowest BCUT2D eigenvalue weighted by Crippen LogP contribution is -2.52. The van der Waals surface area contributed by atoms with Crippen molar-refractivity contribution in [3.8, 4) is 0 Å². The molecule has 1 amide bonds. The Morgan fingerprint density at radius 1 is 1.26 bits per heavy atom. The molecule has 5 heterocycles. The van der Waals surface area contributed by atoms with E-state index in [-0.39, 0.29) is 11.9 Å². The normalized spacial score (nSPS) is 20.1. The molecule has 2 aliphatic rings. The molecule has 1 saturated heterocycles. The van der Waals surface area contributed by atoms with E-state index in [1.54, 1.807) is 0 Å². The van der Waals surface area contributed by atoms with Crippen LogP contribution in [0.4, 0.5) is 23.7 Å². The van der Waals surface area contributed by atoms with Gasteiger partial charge in [0, 0.05) is 30.4 Å². The van der Waals surface area contributed by atoms with Gasteiger partial charge < -0.3 is 10.2 Å². The predicted octanol–water partition coefficient (Wildman–Crippen LogP) is 3.51. The largest absolute Gasteiger partial charge is 0.326 e. The van der Waals surface area contributed by atoms with Gasteiger partial charge in [-0.3, -0.25) is 19.6 Å². The average Bonchev–Trinajstić information content (AvgIpc) is 3.20. The summed E-state index contributed by atoms with van der Waals surface area (Å²) >= 11 is 5.86. The van der Waals surface area contributed by atoms with Crippen molar-refractivity contribution in [3.05, 3.63) is 47.5 Å². The zero-order valence-corrected chi connectivity index (χ0v) is 19.2. The Hall–Kier alpha value is -3.73. The van der Waals surface area contributed by atoms with Crippen molar-refractivity contribution >= 4 is 46.8 Å². The molecule has 1 saturated carbocycles. The summed E-state index contributed by atoms with van der Waals surface area (Å²) in [5.74, 6) is 2.31. The molecule has 3 N–H and O–H groups in total. The van der Waals surface area contributed by atoms with Crippen LogP contribution in [-0.4, -0.2) is 52.5 Å². The van der Waals surface area contributed by atoms with Crippen LogP contribution in [0, 0.1) is 0 Å². The number of hydrogen-bond donors (Lipinski definition) is 3. The van der Waals surface area contributed by atoms with Crippen molar-refractivity contribution < 1.29 is 4.79 Å². The molecular formula is C22H23ClN10O. The molecule has 11 nitrogen and oxygen atoms in total. The van der Waals surface area contributed by atoms with Crippen LogP contribution in [0.2, 0.25) is 5.02 Å². The summed E-state index contributed by atoms with van der Waals surface area (Å²) in [7, 11) is 0. The van der Waals surface area contributed by atoms with E-state index in [4.69, 9.17) is 21.6 Å². The first kappa shape index (κ1) is 20.8. The highest BCUT2D eigenvalue weighted by atomic mass is 35.5. The minimum atomic E-state index is -0.864. The first-order valence-corrected chi connectivity index (χ1v) is 11.6. The van der Waals surface area contributed by atoms with E-state index in [0.717, 1.165) is 17.8 Å². The molecule has 1 aliphatic carbocycles. The summed E-state index contributed by atoms with van der Waals surface area (Å²) < 4.78 is 1.87. The first-order valence-electron chi connectivity index (χ1n) is 11.2. The van der Waals surface area contributed by atoms with E-state index in [1.807, 2.05) is 40.6 Å². The van der Waals surface area contributed by atoms with E-state index in [0.29, 0.717) is 41.6 Å². The lowest BCUT2D eigenvalue weighted by molar-refractivity contribution is -0.120. The molecule has 174 valence electrons. The highest BCUT2D eigenvalue weighted by molar-refractivity contribution is 6.30. The molecule has 12 heteroatoms. The summed E-state index contributed by atoms with van der Waals surface area (Å²) in [6.07, 6.45) is 8.65. The quantitative estimate of drug-likeness (QED) is 0.384. The minimum Gasteiger partial charge on any atom is -0.326 e. The van der Waals surface area contributed by atoms with Crippen molar-refractivity contribution in [2.45, 2.75) is 44.1 Å². The number of amides is 1. The first-order chi connectivity index (χ1) is 16.5. The molecule has 0 radical (unpaired) electrons. The second kappa shape index (κ2) is 7.94. The van der Waals surface area contributed by atoms with Crippen molar-refractivity contribution in [2.75, 3.05) is 22.1 Å². The number of hydrogen-bond acceptors (Lipinski definition) is 8. The summed E-state index contributed by atoms with van der Waals surface area (Å²) in [6, 6.07) is 5.84. The Morgan fingerprint density at radius 3 is 2.88 bits per heavy atom. The third-order valence-electron chi connectivity index (χ3n) is 6.45. The second-order valence-corrected chi connectivity index (χ2v) is 9.34. The van der Waals surface area contributed by atoms with Gasteiger partial charge in [0.15, 0.2) is 5.82 Å². The fourth-order valence-electron chi connectivity index (χ4n) is 4.38. The Balaban J connectivity index is 1.31. The van der Waals surface area contributed by atoms with Gasteiger partial charge in [-0.1, -0.05) is 11.6 Å². The standard InChI is InChI=1S/C22H23ClN10O/c1-22(18(34)28-19-24-11-14(23)12-25-19)7-3-9-33(22)21-27-17-4-2-8-32(17)20(29-21)26-16-10-15(30-31-16)13-5-6-13/h2,4,8,10-13H,3,5-7,9H2,1H3,(H,24,25,28,34)(H2,26,27,29,30,31)/t22-/m0/s1. The SMILES string of the molecule is C[C@@]1(C(=O)Nc2ncc(Cl)cn2)CCCN1c1nc(Nc2cc(C3CC3)[nH]n2)n2cccc2n1. The van der Waals surface area contributed by atoms with Gasteiger partial charge >= 0.3 is 0 Å². The molecule has 0 unspecified atom stereocenters.